The SMILES string of the molecule is COc1nc2ccc(Br)cc2cc1[C@H](c1ccc(Cl)cc1)C1(O)CCN(Cc2ccccc2)CC1. The molecule has 0 radical (unpaired) electrons. The Balaban J connectivity index is 1.53. The van der Waals surface area contributed by atoms with Gasteiger partial charge >= 0.3 is 0 Å². The predicted octanol–water partition coefficient (Wildman–Crippen LogP) is 6.82. The summed E-state index contributed by atoms with van der Waals surface area (Å²) in [4.78, 5) is 7.22. The van der Waals surface area contributed by atoms with Crippen molar-refractivity contribution in [1.29, 1.82) is 0 Å². The van der Waals surface area contributed by atoms with E-state index in [1.165, 1.54) is 5.56 Å². The summed E-state index contributed by atoms with van der Waals surface area (Å²) in [7, 11) is 1.64. The zero-order valence-electron chi connectivity index (χ0n) is 19.6. The summed E-state index contributed by atoms with van der Waals surface area (Å²) in [6.07, 6.45) is 1.29. The van der Waals surface area contributed by atoms with Crippen LogP contribution in [0.2, 0.25) is 5.02 Å². The molecule has 0 bridgehead atoms. The van der Waals surface area contributed by atoms with E-state index in [1.54, 1.807) is 7.11 Å². The highest BCUT2D eigenvalue weighted by molar-refractivity contribution is 9.10. The van der Waals surface area contributed by atoms with Crippen LogP contribution < -0.4 is 4.74 Å². The fraction of sp³-hybridized carbons (Fsp3) is 0.276. The number of fused-ring (bicyclic) bond motifs is 1. The zero-order chi connectivity index (χ0) is 24.4. The molecule has 0 saturated carbocycles. The average molecular weight is 552 g/mol. The van der Waals surface area contributed by atoms with Crippen LogP contribution in [0.1, 0.15) is 35.4 Å². The van der Waals surface area contributed by atoms with Crippen molar-refractivity contribution in [3.05, 3.63) is 105 Å². The lowest BCUT2D eigenvalue weighted by Gasteiger charge is -2.43. The molecule has 0 unspecified atom stereocenters. The number of rotatable bonds is 6. The number of benzene rings is 3. The Morgan fingerprint density at radius 2 is 1.74 bits per heavy atom. The summed E-state index contributed by atoms with van der Waals surface area (Å²) >= 11 is 9.80. The molecule has 1 atom stereocenters. The molecule has 1 N–H and O–H groups in total. The van der Waals surface area contributed by atoms with Crippen LogP contribution >= 0.6 is 27.5 Å². The minimum atomic E-state index is -0.949. The van der Waals surface area contributed by atoms with E-state index in [0.29, 0.717) is 23.7 Å². The molecule has 1 fully saturated rings. The van der Waals surface area contributed by atoms with Crippen LogP contribution in [0.5, 0.6) is 5.88 Å². The maximum absolute atomic E-state index is 12.2. The number of piperidine rings is 1. The quantitative estimate of drug-likeness (QED) is 0.286. The molecular weight excluding hydrogens is 524 g/mol. The van der Waals surface area contributed by atoms with Gasteiger partial charge in [0.25, 0.3) is 0 Å². The zero-order valence-corrected chi connectivity index (χ0v) is 22.0. The number of nitrogens with zero attached hydrogens (tertiary/aromatic N) is 2. The second-order valence-corrected chi connectivity index (χ2v) is 10.6. The highest BCUT2D eigenvalue weighted by Crippen LogP contribution is 2.45. The molecule has 35 heavy (non-hydrogen) atoms. The molecular formula is C29H28BrClN2O2. The van der Waals surface area contributed by atoms with Crippen LogP contribution in [0.3, 0.4) is 0 Å². The van der Waals surface area contributed by atoms with Crippen molar-refractivity contribution in [1.82, 2.24) is 9.88 Å². The molecule has 1 saturated heterocycles. The minimum Gasteiger partial charge on any atom is -0.481 e. The Bertz CT molecular complexity index is 1310. The number of halogens is 2. The maximum Gasteiger partial charge on any atom is 0.217 e. The average Bonchev–Trinajstić information content (AvgIpc) is 2.87. The Kier molecular flexibility index (Phi) is 7.12. The lowest BCUT2D eigenvalue weighted by atomic mass is 9.72. The van der Waals surface area contributed by atoms with Crippen LogP contribution in [0.25, 0.3) is 10.9 Å². The minimum absolute atomic E-state index is 0.301. The third-order valence-electron chi connectivity index (χ3n) is 6.99. The summed E-state index contributed by atoms with van der Waals surface area (Å²) in [5.74, 6) is 0.240. The topological polar surface area (TPSA) is 45.6 Å². The first-order valence-electron chi connectivity index (χ1n) is 11.8. The predicted molar refractivity (Wildman–Crippen MR) is 145 cm³/mol. The molecule has 3 aromatic carbocycles. The molecule has 5 rings (SSSR count). The Hall–Kier alpha value is -2.44. The first-order chi connectivity index (χ1) is 16.9. The number of pyridine rings is 1. The molecule has 1 aromatic heterocycles. The number of likely N-dealkylation sites (tertiary alicyclic amines) is 1. The molecule has 0 amide bonds. The summed E-state index contributed by atoms with van der Waals surface area (Å²) in [5.41, 5.74) is 3.09. The lowest BCUT2D eigenvalue weighted by Crippen LogP contribution is -2.48. The van der Waals surface area contributed by atoms with Gasteiger partial charge in [-0.25, -0.2) is 4.98 Å². The second kappa shape index (κ2) is 10.3. The lowest BCUT2D eigenvalue weighted by molar-refractivity contribution is -0.0360. The number of aromatic nitrogens is 1. The monoisotopic (exact) mass is 550 g/mol. The van der Waals surface area contributed by atoms with Gasteiger partial charge in [0.2, 0.25) is 5.88 Å². The van der Waals surface area contributed by atoms with Crippen molar-refractivity contribution in [2.45, 2.75) is 30.9 Å². The first kappa shape index (κ1) is 24.3. The molecule has 1 aliphatic heterocycles. The van der Waals surface area contributed by atoms with E-state index in [1.807, 2.05) is 42.5 Å². The summed E-state index contributed by atoms with van der Waals surface area (Å²) in [5, 5.41) is 13.9. The summed E-state index contributed by atoms with van der Waals surface area (Å²) in [6, 6.07) is 26.4. The molecule has 2 heterocycles. The van der Waals surface area contributed by atoms with Crippen molar-refractivity contribution in [2.24, 2.45) is 0 Å². The van der Waals surface area contributed by atoms with Gasteiger partial charge in [-0.3, -0.25) is 4.90 Å². The van der Waals surface area contributed by atoms with Gasteiger partial charge in [-0.1, -0.05) is 70.0 Å². The van der Waals surface area contributed by atoms with Crippen molar-refractivity contribution in [3.63, 3.8) is 0 Å². The summed E-state index contributed by atoms with van der Waals surface area (Å²) in [6.45, 7) is 2.51. The van der Waals surface area contributed by atoms with Gasteiger partial charge in [0, 0.05) is 46.0 Å². The number of hydrogen-bond donors (Lipinski definition) is 1. The van der Waals surface area contributed by atoms with Gasteiger partial charge in [0.15, 0.2) is 0 Å². The van der Waals surface area contributed by atoms with Crippen molar-refractivity contribution < 1.29 is 9.84 Å². The normalized spacial score (nSPS) is 16.8. The van der Waals surface area contributed by atoms with E-state index in [4.69, 9.17) is 21.3 Å². The molecule has 0 aliphatic carbocycles. The fourth-order valence-electron chi connectivity index (χ4n) is 5.18. The van der Waals surface area contributed by atoms with E-state index < -0.39 is 5.60 Å². The first-order valence-corrected chi connectivity index (χ1v) is 13.0. The van der Waals surface area contributed by atoms with Crippen LogP contribution in [0.15, 0.2) is 83.3 Å². The van der Waals surface area contributed by atoms with Gasteiger partial charge in [0.1, 0.15) is 0 Å². The Morgan fingerprint density at radius 1 is 1.03 bits per heavy atom. The highest BCUT2D eigenvalue weighted by atomic mass is 79.9. The van der Waals surface area contributed by atoms with Gasteiger partial charge in [0.05, 0.1) is 18.2 Å². The van der Waals surface area contributed by atoms with E-state index >= 15 is 0 Å². The molecule has 4 aromatic rings. The van der Waals surface area contributed by atoms with Gasteiger partial charge < -0.3 is 9.84 Å². The molecule has 0 spiro atoms. The third kappa shape index (κ3) is 5.24. The van der Waals surface area contributed by atoms with Crippen LogP contribution in [-0.2, 0) is 6.54 Å². The maximum atomic E-state index is 12.2. The number of aliphatic hydroxyl groups is 1. The standard InChI is InChI=1S/C29H28BrClN2O2/c1-35-28-25(18-22-17-23(30)9-12-26(22)32-28)27(21-7-10-24(31)11-8-21)29(34)13-15-33(16-14-29)19-20-5-3-2-4-6-20/h2-12,17-18,27,34H,13-16,19H2,1H3/t27-/m0/s1. The number of methoxy groups -OCH3 is 1. The van der Waals surface area contributed by atoms with E-state index in [0.717, 1.165) is 46.1 Å². The smallest absolute Gasteiger partial charge is 0.217 e. The van der Waals surface area contributed by atoms with Crippen molar-refractivity contribution in [2.75, 3.05) is 20.2 Å². The van der Waals surface area contributed by atoms with Gasteiger partial charge in [-0.05, 0) is 60.4 Å². The fourth-order valence-corrected chi connectivity index (χ4v) is 5.68. The second-order valence-electron chi connectivity index (χ2n) is 9.27. The van der Waals surface area contributed by atoms with E-state index in [2.05, 4.69) is 57.2 Å². The summed E-state index contributed by atoms with van der Waals surface area (Å²) < 4.78 is 6.76. The molecule has 6 heteroatoms. The largest absolute Gasteiger partial charge is 0.481 e. The van der Waals surface area contributed by atoms with Gasteiger partial charge in [-0.2, -0.15) is 0 Å². The van der Waals surface area contributed by atoms with E-state index in [9.17, 15) is 5.11 Å². The number of hydrogen-bond acceptors (Lipinski definition) is 4. The van der Waals surface area contributed by atoms with Crippen molar-refractivity contribution >= 4 is 38.4 Å². The number of ether oxygens (including phenoxy) is 1. The van der Waals surface area contributed by atoms with Gasteiger partial charge in [-0.15, -0.1) is 0 Å². The third-order valence-corrected chi connectivity index (χ3v) is 7.73. The van der Waals surface area contributed by atoms with Crippen molar-refractivity contribution in [3.8, 4) is 5.88 Å². The molecule has 4 nitrogen and oxygen atoms in total. The van der Waals surface area contributed by atoms with Crippen LogP contribution in [-0.4, -0.2) is 40.8 Å². The van der Waals surface area contributed by atoms with Crippen LogP contribution in [0.4, 0.5) is 0 Å². The molecule has 180 valence electrons. The Morgan fingerprint density at radius 3 is 2.43 bits per heavy atom. The molecule has 1 aliphatic rings. The highest BCUT2D eigenvalue weighted by Gasteiger charge is 2.43. The van der Waals surface area contributed by atoms with E-state index in [-0.39, 0.29) is 5.92 Å². The van der Waals surface area contributed by atoms with Crippen LogP contribution in [0, 0.1) is 0 Å². The Labute approximate surface area is 219 Å².